The monoisotopic (exact) mass is 289 g/mol. The predicted octanol–water partition coefficient (Wildman–Crippen LogP) is 4.47. The Morgan fingerprint density at radius 1 is 1.15 bits per heavy atom. The number of hydrogen-bond donors (Lipinski definition) is 1. The lowest BCUT2D eigenvalue weighted by molar-refractivity contribution is 0.493. The molecule has 2 aromatic carbocycles. The van der Waals surface area contributed by atoms with Gasteiger partial charge in [0, 0.05) is 10.4 Å². The summed E-state index contributed by atoms with van der Waals surface area (Å²) in [6.07, 6.45) is 0.519. The van der Waals surface area contributed by atoms with E-state index in [4.69, 9.17) is 21.8 Å². The molecule has 0 saturated heterocycles. The fraction of sp³-hybridized carbons (Fsp3) is 0.125. The zero-order valence-electron chi connectivity index (χ0n) is 10.6. The molecule has 0 radical (unpaired) electrons. The smallest absolute Gasteiger partial charge is 0.134 e. The minimum atomic E-state index is -0.317. The third-order valence-corrected chi connectivity index (χ3v) is 3.44. The second-order valence-electron chi connectivity index (χ2n) is 4.77. The van der Waals surface area contributed by atoms with Crippen LogP contribution in [0.4, 0.5) is 4.39 Å². The molecule has 0 saturated carbocycles. The molecular formula is C16H13ClFNO. The zero-order chi connectivity index (χ0) is 14.1. The van der Waals surface area contributed by atoms with Crippen LogP contribution in [0.25, 0.3) is 11.0 Å². The Balaban J connectivity index is 1.86. The van der Waals surface area contributed by atoms with Gasteiger partial charge in [-0.05, 0) is 48.4 Å². The molecule has 1 atom stereocenters. The van der Waals surface area contributed by atoms with Gasteiger partial charge in [-0.15, -0.1) is 0 Å². The van der Waals surface area contributed by atoms with Crippen LogP contribution in [0.3, 0.4) is 0 Å². The van der Waals surface area contributed by atoms with Crippen molar-refractivity contribution in [3.63, 3.8) is 0 Å². The van der Waals surface area contributed by atoms with Crippen molar-refractivity contribution >= 4 is 22.6 Å². The van der Waals surface area contributed by atoms with Gasteiger partial charge in [0.1, 0.15) is 17.2 Å². The number of furan rings is 1. The van der Waals surface area contributed by atoms with Crippen LogP contribution >= 0.6 is 11.6 Å². The Morgan fingerprint density at radius 3 is 2.80 bits per heavy atom. The molecule has 0 bridgehead atoms. The minimum absolute atomic E-state index is 0.258. The largest absolute Gasteiger partial charge is 0.459 e. The summed E-state index contributed by atoms with van der Waals surface area (Å²) >= 11 is 5.94. The van der Waals surface area contributed by atoms with Crippen molar-refractivity contribution in [2.24, 2.45) is 5.73 Å². The summed E-state index contributed by atoms with van der Waals surface area (Å²) in [5, 5.41) is 1.57. The van der Waals surface area contributed by atoms with Crippen LogP contribution in [0.15, 0.2) is 52.9 Å². The highest BCUT2D eigenvalue weighted by atomic mass is 35.5. The van der Waals surface area contributed by atoms with Gasteiger partial charge < -0.3 is 10.2 Å². The molecule has 2 nitrogen and oxygen atoms in total. The average molecular weight is 290 g/mol. The topological polar surface area (TPSA) is 39.2 Å². The molecule has 0 aliphatic heterocycles. The predicted molar refractivity (Wildman–Crippen MR) is 78.3 cm³/mol. The fourth-order valence-electron chi connectivity index (χ4n) is 2.24. The lowest BCUT2D eigenvalue weighted by atomic mass is 10.0. The summed E-state index contributed by atoms with van der Waals surface area (Å²) in [6, 6.07) is 13.4. The number of nitrogens with two attached hydrogens (primary N) is 1. The van der Waals surface area contributed by atoms with E-state index in [2.05, 4.69) is 0 Å². The first-order valence-electron chi connectivity index (χ1n) is 6.31. The molecule has 1 unspecified atom stereocenters. The Kier molecular flexibility index (Phi) is 3.47. The molecule has 3 aromatic rings. The molecule has 102 valence electrons. The van der Waals surface area contributed by atoms with Gasteiger partial charge in [0.25, 0.3) is 0 Å². The van der Waals surface area contributed by atoms with Crippen LogP contribution < -0.4 is 5.73 Å². The summed E-state index contributed by atoms with van der Waals surface area (Å²) in [7, 11) is 0. The van der Waals surface area contributed by atoms with Crippen molar-refractivity contribution in [2.75, 3.05) is 0 Å². The third kappa shape index (κ3) is 2.69. The van der Waals surface area contributed by atoms with Crippen molar-refractivity contribution in [1.82, 2.24) is 0 Å². The van der Waals surface area contributed by atoms with E-state index in [9.17, 15) is 4.39 Å². The van der Waals surface area contributed by atoms with Gasteiger partial charge in [-0.1, -0.05) is 23.7 Å². The summed E-state index contributed by atoms with van der Waals surface area (Å²) in [5.74, 6) is 0.414. The Labute approximate surface area is 121 Å². The number of fused-ring (bicyclic) bond motifs is 1. The molecular weight excluding hydrogens is 277 g/mol. The third-order valence-electron chi connectivity index (χ3n) is 3.21. The van der Waals surface area contributed by atoms with E-state index >= 15 is 0 Å². The van der Waals surface area contributed by atoms with Gasteiger partial charge in [0.05, 0.1) is 6.04 Å². The lowest BCUT2D eigenvalue weighted by Gasteiger charge is -2.08. The van der Waals surface area contributed by atoms with Crippen molar-refractivity contribution in [1.29, 1.82) is 0 Å². The summed E-state index contributed by atoms with van der Waals surface area (Å²) in [5.41, 5.74) is 7.72. The minimum Gasteiger partial charge on any atom is -0.459 e. The van der Waals surface area contributed by atoms with Gasteiger partial charge >= 0.3 is 0 Å². The first kappa shape index (κ1) is 13.2. The van der Waals surface area contributed by atoms with Gasteiger partial charge in [-0.2, -0.15) is 0 Å². The Morgan fingerprint density at radius 2 is 2.00 bits per heavy atom. The molecule has 1 heterocycles. The van der Waals surface area contributed by atoms with E-state index in [1.807, 2.05) is 24.3 Å². The van der Waals surface area contributed by atoms with E-state index in [-0.39, 0.29) is 11.9 Å². The van der Waals surface area contributed by atoms with Crippen molar-refractivity contribution in [3.8, 4) is 0 Å². The zero-order valence-corrected chi connectivity index (χ0v) is 11.4. The van der Waals surface area contributed by atoms with Crippen molar-refractivity contribution in [3.05, 3.63) is 70.7 Å². The van der Waals surface area contributed by atoms with Gasteiger partial charge in [0.2, 0.25) is 0 Å². The Hall–Kier alpha value is -1.84. The van der Waals surface area contributed by atoms with Gasteiger partial charge in [0.15, 0.2) is 0 Å². The molecule has 1 aromatic heterocycles. The normalized spacial score (nSPS) is 12.8. The highest BCUT2D eigenvalue weighted by Crippen LogP contribution is 2.27. The van der Waals surface area contributed by atoms with E-state index in [1.165, 1.54) is 12.1 Å². The van der Waals surface area contributed by atoms with E-state index in [0.29, 0.717) is 17.2 Å². The van der Waals surface area contributed by atoms with Gasteiger partial charge in [-0.3, -0.25) is 0 Å². The molecule has 2 N–H and O–H groups in total. The molecule has 0 aliphatic carbocycles. The molecule has 0 spiro atoms. The number of hydrogen-bond acceptors (Lipinski definition) is 2. The van der Waals surface area contributed by atoms with Crippen LogP contribution in [-0.4, -0.2) is 0 Å². The van der Waals surface area contributed by atoms with Crippen molar-refractivity contribution < 1.29 is 8.81 Å². The summed E-state index contributed by atoms with van der Waals surface area (Å²) < 4.78 is 18.9. The molecule has 0 amide bonds. The quantitative estimate of drug-likeness (QED) is 0.773. The molecule has 3 rings (SSSR count). The summed E-state index contributed by atoms with van der Waals surface area (Å²) in [4.78, 5) is 0. The van der Waals surface area contributed by atoms with Crippen molar-refractivity contribution in [2.45, 2.75) is 12.5 Å². The van der Waals surface area contributed by atoms with Crippen LogP contribution in [0.2, 0.25) is 5.02 Å². The molecule has 20 heavy (non-hydrogen) atoms. The number of benzene rings is 2. The molecule has 4 heteroatoms. The highest BCUT2D eigenvalue weighted by Gasteiger charge is 2.13. The first-order chi connectivity index (χ1) is 9.61. The fourth-order valence-corrected chi connectivity index (χ4v) is 2.42. The second-order valence-corrected chi connectivity index (χ2v) is 5.21. The lowest BCUT2D eigenvalue weighted by Crippen LogP contribution is -2.12. The molecule has 0 aliphatic rings. The average Bonchev–Trinajstić information content (AvgIpc) is 2.81. The first-order valence-corrected chi connectivity index (χ1v) is 6.68. The van der Waals surface area contributed by atoms with Crippen LogP contribution in [0, 0.1) is 5.82 Å². The number of halogens is 2. The SMILES string of the molecule is NC(Cc1cccc(F)c1)c1cc2cc(Cl)ccc2o1. The maximum absolute atomic E-state index is 13.2. The summed E-state index contributed by atoms with van der Waals surface area (Å²) in [6.45, 7) is 0. The van der Waals surface area contributed by atoms with Crippen LogP contribution in [0.5, 0.6) is 0 Å². The van der Waals surface area contributed by atoms with E-state index in [0.717, 1.165) is 16.5 Å². The van der Waals surface area contributed by atoms with E-state index in [1.54, 1.807) is 12.1 Å². The maximum atomic E-state index is 13.2. The van der Waals surface area contributed by atoms with Crippen LogP contribution in [0.1, 0.15) is 17.4 Å². The highest BCUT2D eigenvalue weighted by molar-refractivity contribution is 6.31. The van der Waals surface area contributed by atoms with E-state index < -0.39 is 0 Å². The molecule has 0 fully saturated rings. The van der Waals surface area contributed by atoms with Gasteiger partial charge in [-0.25, -0.2) is 4.39 Å². The second kappa shape index (κ2) is 5.27. The Bertz CT molecular complexity index is 753. The standard InChI is InChI=1S/C16H13ClFNO/c17-12-4-5-15-11(8-12)9-16(20-15)14(19)7-10-2-1-3-13(18)6-10/h1-6,8-9,14H,7,19H2. The maximum Gasteiger partial charge on any atom is 0.134 e. The van der Waals surface area contributed by atoms with Crippen LogP contribution in [-0.2, 0) is 6.42 Å². The number of rotatable bonds is 3.